The number of likely N-dealkylation sites (tertiary alicyclic amines) is 1. The van der Waals surface area contributed by atoms with Crippen LogP contribution in [0, 0.1) is 0 Å². The maximum absolute atomic E-state index is 12.6. The van der Waals surface area contributed by atoms with Gasteiger partial charge in [0.2, 0.25) is 0 Å². The van der Waals surface area contributed by atoms with Crippen LogP contribution in [0.3, 0.4) is 0 Å². The van der Waals surface area contributed by atoms with E-state index in [1.807, 2.05) is 18.7 Å². The molecule has 8 heteroatoms. The lowest BCUT2D eigenvalue weighted by Gasteiger charge is -2.38. The molecule has 0 radical (unpaired) electrons. The van der Waals surface area contributed by atoms with Crippen molar-refractivity contribution in [2.24, 2.45) is 0 Å². The number of nitrogens with zero attached hydrogens (tertiary/aromatic N) is 1. The number of nitrogens with one attached hydrogen (secondary N) is 1. The standard InChI is InChI=1S/C23H26F2N2O4/c1-15-6-5-7-16(2)27(15)21(28)14-30-18-12-10-17(11-13-18)22(29)26-19-8-3-4-9-20(19)31-23(24)25/h3-4,8-13,15-16,23H,5-7,14H2,1-2H3,(H,26,29). The average molecular weight is 432 g/mol. The molecule has 2 atom stereocenters. The number of anilines is 1. The van der Waals surface area contributed by atoms with Gasteiger partial charge in [-0.25, -0.2) is 0 Å². The Bertz CT molecular complexity index is 895. The lowest BCUT2D eigenvalue weighted by atomic mass is 9.97. The number of hydrogen-bond acceptors (Lipinski definition) is 4. The summed E-state index contributed by atoms with van der Waals surface area (Å²) in [6, 6.07) is 12.6. The summed E-state index contributed by atoms with van der Waals surface area (Å²) in [7, 11) is 0. The predicted molar refractivity (Wildman–Crippen MR) is 113 cm³/mol. The smallest absolute Gasteiger partial charge is 0.387 e. The molecule has 2 unspecified atom stereocenters. The monoisotopic (exact) mass is 432 g/mol. The second-order valence-electron chi connectivity index (χ2n) is 7.57. The molecule has 1 heterocycles. The van der Waals surface area contributed by atoms with Crippen LogP contribution in [0.5, 0.6) is 11.5 Å². The lowest BCUT2D eigenvalue weighted by Crippen LogP contribution is -2.49. The van der Waals surface area contributed by atoms with Gasteiger partial charge in [0.15, 0.2) is 6.61 Å². The molecule has 0 saturated carbocycles. The topological polar surface area (TPSA) is 67.9 Å². The van der Waals surface area contributed by atoms with E-state index in [2.05, 4.69) is 10.1 Å². The number of hydrogen-bond donors (Lipinski definition) is 1. The van der Waals surface area contributed by atoms with Gasteiger partial charge in [-0.1, -0.05) is 12.1 Å². The van der Waals surface area contributed by atoms with Gasteiger partial charge in [-0.15, -0.1) is 0 Å². The molecule has 1 aliphatic heterocycles. The van der Waals surface area contributed by atoms with Crippen molar-refractivity contribution < 1.29 is 27.8 Å². The van der Waals surface area contributed by atoms with Crippen LogP contribution in [-0.4, -0.2) is 42.0 Å². The number of rotatable bonds is 7. The summed E-state index contributed by atoms with van der Waals surface area (Å²) in [6.45, 7) is 1.03. The molecule has 6 nitrogen and oxygen atoms in total. The van der Waals surface area contributed by atoms with Gasteiger partial charge in [0.1, 0.15) is 11.5 Å². The van der Waals surface area contributed by atoms with E-state index in [1.165, 1.54) is 30.3 Å². The van der Waals surface area contributed by atoms with Crippen LogP contribution in [-0.2, 0) is 4.79 Å². The lowest BCUT2D eigenvalue weighted by molar-refractivity contribution is -0.139. The first-order valence-corrected chi connectivity index (χ1v) is 10.2. The summed E-state index contributed by atoms with van der Waals surface area (Å²) in [4.78, 5) is 26.9. The zero-order valence-corrected chi connectivity index (χ0v) is 17.5. The summed E-state index contributed by atoms with van der Waals surface area (Å²) >= 11 is 0. The fraction of sp³-hybridized carbons (Fsp3) is 0.391. The van der Waals surface area contributed by atoms with Crippen LogP contribution in [0.2, 0.25) is 0 Å². The van der Waals surface area contributed by atoms with E-state index >= 15 is 0 Å². The van der Waals surface area contributed by atoms with Crippen LogP contribution < -0.4 is 14.8 Å². The van der Waals surface area contributed by atoms with Crippen molar-refractivity contribution in [2.45, 2.75) is 51.8 Å². The number of para-hydroxylation sites is 2. The second-order valence-corrected chi connectivity index (χ2v) is 7.57. The van der Waals surface area contributed by atoms with Crippen molar-refractivity contribution >= 4 is 17.5 Å². The Labute approximate surface area is 180 Å². The summed E-state index contributed by atoms with van der Waals surface area (Å²) < 4.78 is 35.1. The molecule has 1 aliphatic rings. The molecule has 3 rings (SSSR count). The molecule has 0 aliphatic carbocycles. The minimum absolute atomic E-state index is 0.0582. The van der Waals surface area contributed by atoms with Crippen LogP contribution in [0.15, 0.2) is 48.5 Å². The molecule has 0 aromatic heterocycles. The zero-order valence-electron chi connectivity index (χ0n) is 17.5. The van der Waals surface area contributed by atoms with Gasteiger partial charge in [-0.2, -0.15) is 8.78 Å². The normalized spacial score (nSPS) is 18.5. The zero-order chi connectivity index (χ0) is 22.4. The molecule has 1 saturated heterocycles. The van der Waals surface area contributed by atoms with E-state index in [1.54, 1.807) is 18.2 Å². The Morgan fingerprint density at radius 3 is 2.35 bits per heavy atom. The first-order chi connectivity index (χ1) is 14.8. The van der Waals surface area contributed by atoms with Crippen molar-refractivity contribution in [3.8, 4) is 11.5 Å². The largest absolute Gasteiger partial charge is 0.484 e. The van der Waals surface area contributed by atoms with Gasteiger partial charge in [-0.3, -0.25) is 9.59 Å². The summed E-state index contributed by atoms with van der Waals surface area (Å²) in [5, 5.41) is 2.56. The minimum Gasteiger partial charge on any atom is -0.484 e. The Hall–Kier alpha value is -3.16. The summed E-state index contributed by atoms with van der Waals surface area (Å²) in [5.74, 6) is -0.199. The quantitative estimate of drug-likeness (QED) is 0.688. The number of carbonyl (C=O) groups excluding carboxylic acids is 2. The van der Waals surface area contributed by atoms with E-state index in [0.29, 0.717) is 11.3 Å². The van der Waals surface area contributed by atoms with Crippen molar-refractivity contribution in [1.82, 2.24) is 4.90 Å². The van der Waals surface area contributed by atoms with Crippen molar-refractivity contribution in [3.63, 3.8) is 0 Å². The van der Waals surface area contributed by atoms with Gasteiger partial charge < -0.3 is 19.7 Å². The van der Waals surface area contributed by atoms with Gasteiger partial charge >= 0.3 is 6.61 Å². The third-order valence-corrected chi connectivity index (χ3v) is 5.31. The molecule has 166 valence electrons. The van der Waals surface area contributed by atoms with Crippen molar-refractivity contribution in [1.29, 1.82) is 0 Å². The number of piperidine rings is 1. The third kappa shape index (κ3) is 5.93. The fourth-order valence-corrected chi connectivity index (χ4v) is 3.80. The number of benzene rings is 2. The molecule has 31 heavy (non-hydrogen) atoms. The van der Waals surface area contributed by atoms with Gasteiger partial charge in [0, 0.05) is 17.6 Å². The van der Waals surface area contributed by atoms with Crippen LogP contribution in [0.1, 0.15) is 43.5 Å². The number of amides is 2. The highest BCUT2D eigenvalue weighted by Gasteiger charge is 2.29. The first kappa shape index (κ1) is 22.5. The Kier molecular flexibility index (Phi) is 7.44. The van der Waals surface area contributed by atoms with E-state index in [4.69, 9.17) is 4.74 Å². The SMILES string of the molecule is CC1CCCC(C)N1C(=O)COc1ccc(C(=O)Nc2ccccc2OC(F)F)cc1. The maximum atomic E-state index is 12.6. The Balaban J connectivity index is 1.58. The molecule has 0 spiro atoms. The van der Waals surface area contributed by atoms with E-state index in [0.717, 1.165) is 19.3 Å². The average Bonchev–Trinajstić information content (AvgIpc) is 2.73. The number of ether oxygens (including phenoxy) is 2. The molecule has 0 bridgehead atoms. The molecular formula is C23H26F2N2O4. The van der Waals surface area contributed by atoms with Crippen LogP contribution in [0.25, 0.3) is 0 Å². The van der Waals surface area contributed by atoms with Gasteiger partial charge in [0.25, 0.3) is 11.8 Å². The fourth-order valence-electron chi connectivity index (χ4n) is 3.80. The molecular weight excluding hydrogens is 406 g/mol. The second kappa shape index (κ2) is 10.2. The number of halogens is 2. The molecule has 2 aromatic carbocycles. The van der Waals surface area contributed by atoms with Crippen LogP contribution >= 0.6 is 0 Å². The minimum atomic E-state index is -2.99. The highest BCUT2D eigenvalue weighted by Crippen LogP contribution is 2.26. The summed E-state index contributed by atoms with van der Waals surface area (Å²) in [6.07, 6.45) is 3.10. The van der Waals surface area contributed by atoms with Crippen molar-refractivity contribution in [2.75, 3.05) is 11.9 Å². The summed E-state index contributed by atoms with van der Waals surface area (Å²) in [5.41, 5.74) is 0.451. The van der Waals surface area contributed by atoms with E-state index < -0.39 is 12.5 Å². The predicted octanol–water partition coefficient (Wildman–Crippen LogP) is 4.71. The molecule has 2 aromatic rings. The third-order valence-electron chi connectivity index (χ3n) is 5.31. The Morgan fingerprint density at radius 1 is 1.06 bits per heavy atom. The van der Waals surface area contributed by atoms with Crippen molar-refractivity contribution in [3.05, 3.63) is 54.1 Å². The van der Waals surface area contributed by atoms with Gasteiger partial charge in [0.05, 0.1) is 5.69 Å². The van der Waals surface area contributed by atoms with Gasteiger partial charge in [-0.05, 0) is 69.5 Å². The van der Waals surface area contributed by atoms with Crippen LogP contribution in [0.4, 0.5) is 14.5 Å². The molecule has 1 fully saturated rings. The molecule has 1 N–H and O–H groups in total. The van der Waals surface area contributed by atoms with E-state index in [9.17, 15) is 18.4 Å². The number of carbonyl (C=O) groups is 2. The first-order valence-electron chi connectivity index (χ1n) is 10.2. The highest BCUT2D eigenvalue weighted by atomic mass is 19.3. The maximum Gasteiger partial charge on any atom is 0.387 e. The van der Waals surface area contributed by atoms with E-state index in [-0.39, 0.29) is 36.0 Å². The number of alkyl halides is 2. The molecule has 2 amide bonds. The highest BCUT2D eigenvalue weighted by molar-refractivity contribution is 6.05. The Morgan fingerprint density at radius 2 is 1.71 bits per heavy atom.